The molecule has 0 aromatic heterocycles. The fourth-order valence-electron chi connectivity index (χ4n) is 4.80. The van der Waals surface area contributed by atoms with Gasteiger partial charge in [-0.25, -0.2) is 0 Å². The monoisotopic (exact) mass is 495 g/mol. The van der Waals surface area contributed by atoms with Crippen LogP contribution in [0, 0.1) is 0 Å². The zero-order valence-electron chi connectivity index (χ0n) is 21.2. The van der Waals surface area contributed by atoms with Crippen molar-refractivity contribution < 1.29 is 28.6 Å². The van der Waals surface area contributed by atoms with Crippen LogP contribution in [0.3, 0.4) is 0 Å². The summed E-state index contributed by atoms with van der Waals surface area (Å²) in [6.07, 6.45) is 0.810. The average Bonchev–Trinajstić information content (AvgIpc) is 3.26. The molecule has 0 aliphatic carbocycles. The maximum absolute atomic E-state index is 13.8. The molecule has 1 N–H and O–H groups in total. The molecule has 3 amide bonds. The Labute approximate surface area is 211 Å². The molecule has 192 valence electrons. The zero-order chi connectivity index (χ0) is 25.9. The Balaban J connectivity index is 1.55. The summed E-state index contributed by atoms with van der Waals surface area (Å²) in [5.74, 6) is 0.697. The number of methoxy groups -OCH3 is 2. The first-order valence-corrected chi connectivity index (χ1v) is 12.1. The molecular formula is C27H33N3O6. The Kier molecular flexibility index (Phi) is 7.49. The first kappa shape index (κ1) is 25.5. The van der Waals surface area contributed by atoms with Gasteiger partial charge in [0.1, 0.15) is 23.3 Å². The number of hydrogen-bond acceptors (Lipinski definition) is 6. The number of rotatable bonds is 6. The highest BCUT2D eigenvalue weighted by Crippen LogP contribution is 2.39. The van der Waals surface area contributed by atoms with Crippen LogP contribution in [0.1, 0.15) is 47.4 Å². The van der Waals surface area contributed by atoms with Crippen LogP contribution in [0.4, 0.5) is 0 Å². The van der Waals surface area contributed by atoms with Crippen molar-refractivity contribution in [1.29, 1.82) is 0 Å². The van der Waals surface area contributed by atoms with Crippen molar-refractivity contribution in [3.8, 4) is 11.5 Å². The molecule has 1 atom stereocenters. The minimum Gasteiger partial charge on any atom is -0.497 e. The van der Waals surface area contributed by atoms with Gasteiger partial charge in [0, 0.05) is 43.1 Å². The van der Waals surface area contributed by atoms with Crippen LogP contribution < -0.4 is 14.8 Å². The fourth-order valence-corrected chi connectivity index (χ4v) is 4.80. The van der Waals surface area contributed by atoms with Crippen LogP contribution in [0.15, 0.2) is 48.5 Å². The molecular weight excluding hydrogens is 462 g/mol. The summed E-state index contributed by atoms with van der Waals surface area (Å²) in [6.45, 7) is 4.66. The molecule has 2 saturated heterocycles. The van der Waals surface area contributed by atoms with E-state index in [0.29, 0.717) is 48.6 Å². The van der Waals surface area contributed by atoms with Gasteiger partial charge in [-0.15, -0.1) is 0 Å². The standard InChI is InChI=1S/C27H33N3O6/c1-18(2)28-24(31)23-17-36-27(30(23)26(33)20-7-11-22(35-4)12-8-20)13-15-29(16-14-27)25(32)19-5-9-21(34-3)10-6-19/h5-12,18,23H,13-17H2,1-4H3,(H,28,31)/t23-/m1/s1. The van der Waals surface area contributed by atoms with E-state index in [1.54, 1.807) is 72.6 Å². The van der Waals surface area contributed by atoms with E-state index in [0.717, 1.165) is 0 Å². The molecule has 0 radical (unpaired) electrons. The first-order valence-electron chi connectivity index (χ1n) is 12.1. The number of carbonyl (C=O) groups excluding carboxylic acids is 3. The Morgan fingerprint density at radius 2 is 1.39 bits per heavy atom. The number of likely N-dealkylation sites (tertiary alicyclic amines) is 1. The van der Waals surface area contributed by atoms with Gasteiger partial charge in [0.2, 0.25) is 5.91 Å². The second-order valence-electron chi connectivity index (χ2n) is 9.36. The number of piperidine rings is 1. The summed E-state index contributed by atoms with van der Waals surface area (Å²) in [5.41, 5.74) is 0.0476. The van der Waals surface area contributed by atoms with Gasteiger partial charge >= 0.3 is 0 Å². The van der Waals surface area contributed by atoms with Crippen LogP contribution in [-0.2, 0) is 9.53 Å². The molecule has 0 unspecified atom stereocenters. The predicted molar refractivity (Wildman–Crippen MR) is 133 cm³/mol. The fraction of sp³-hybridized carbons (Fsp3) is 0.444. The quantitative estimate of drug-likeness (QED) is 0.662. The van der Waals surface area contributed by atoms with E-state index in [9.17, 15) is 14.4 Å². The highest BCUT2D eigenvalue weighted by atomic mass is 16.5. The molecule has 0 bridgehead atoms. The average molecular weight is 496 g/mol. The third-order valence-electron chi connectivity index (χ3n) is 6.72. The van der Waals surface area contributed by atoms with Crippen molar-refractivity contribution in [2.24, 2.45) is 0 Å². The number of carbonyl (C=O) groups is 3. The van der Waals surface area contributed by atoms with Crippen LogP contribution in [0.2, 0.25) is 0 Å². The van der Waals surface area contributed by atoms with E-state index in [4.69, 9.17) is 14.2 Å². The summed E-state index contributed by atoms with van der Waals surface area (Å²) >= 11 is 0. The van der Waals surface area contributed by atoms with Gasteiger partial charge in [0.05, 0.1) is 20.8 Å². The van der Waals surface area contributed by atoms with Gasteiger partial charge in [0.25, 0.3) is 11.8 Å². The second-order valence-corrected chi connectivity index (χ2v) is 9.36. The van der Waals surface area contributed by atoms with Gasteiger partial charge in [-0.05, 0) is 62.4 Å². The molecule has 2 aliphatic heterocycles. The Morgan fingerprint density at radius 1 is 0.889 bits per heavy atom. The topological polar surface area (TPSA) is 97.4 Å². The summed E-state index contributed by atoms with van der Waals surface area (Å²) in [4.78, 5) is 43.2. The molecule has 9 heteroatoms. The Hall–Kier alpha value is -3.59. The third kappa shape index (κ3) is 5.02. The highest BCUT2D eigenvalue weighted by Gasteiger charge is 2.54. The highest BCUT2D eigenvalue weighted by molar-refractivity contribution is 5.99. The lowest BCUT2D eigenvalue weighted by Gasteiger charge is -2.44. The zero-order valence-corrected chi connectivity index (χ0v) is 21.2. The van der Waals surface area contributed by atoms with Gasteiger partial charge in [-0.3, -0.25) is 19.3 Å². The van der Waals surface area contributed by atoms with Gasteiger partial charge < -0.3 is 24.4 Å². The van der Waals surface area contributed by atoms with Crippen molar-refractivity contribution in [1.82, 2.24) is 15.1 Å². The molecule has 2 aliphatic rings. The number of amides is 3. The Bertz CT molecular complexity index is 1090. The molecule has 2 aromatic rings. The van der Waals surface area contributed by atoms with E-state index in [1.807, 2.05) is 13.8 Å². The van der Waals surface area contributed by atoms with E-state index < -0.39 is 11.8 Å². The van der Waals surface area contributed by atoms with Crippen molar-refractivity contribution in [3.63, 3.8) is 0 Å². The number of nitrogens with zero attached hydrogens (tertiary/aromatic N) is 2. The van der Waals surface area contributed by atoms with E-state index in [2.05, 4.69) is 5.32 Å². The molecule has 2 aromatic carbocycles. The lowest BCUT2D eigenvalue weighted by atomic mass is 9.96. The van der Waals surface area contributed by atoms with Crippen molar-refractivity contribution in [2.45, 2.75) is 44.5 Å². The van der Waals surface area contributed by atoms with Crippen molar-refractivity contribution in [2.75, 3.05) is 33.9 Å². The smallest absolute Gasteiger partial charge is 0.256 e. The molecule has 4 rings (SSSR count). The number of nitrogens with one attached hydrogen (secondary N) is 1. The number of ether oxygens (including phenoxy) is 3. The van der Waals surface area contributed by atoms with E-state index in [1.165, 1.54) is 0 Å². The van der Waals surface area contributed by atoms with Crippen LogP contribution in [-0.4, -0.2) is 79.2 Å². The van der Waals surface area contributed by atoms with Crippen LogP contribution in [0.5, 0.6) is 11.5 Å². The maximum Gasteiger partial charge on any atom is 0.256 e. The van der Waals surface area contributed by atoms with E-state index >= 15 is 0 Å². The largest absolute Gasteiger partial charge is 0.497 e. The van der Waals surface area contributed by atoms with Gasteiger partial charge in [0.15, 0.2) is 0 Å². The predicted octanol–water partition coefficient (Wildman–Crippen LogP) is 2.70. The van der Waals surface area contributed by atoms with Crippen LogP contribution >= 0.6 is 0 Å². The normalized spacial score (nSPS) is 18.9. The lowest BCUT2D eigenvalue weighted by molar-refractivity contribution is -0.128. The molecule has 2 heterocycles. The minimum absolute atomic E-state index is 0.0732. The van der Waals surface area contributed by atoms with E-state index in [-0.39, 0.29) is 30.4 Å². The molecule has 1 spiro atoms. The number of hydrogen-bond donors (Lipinski definition) is 1. The maximum atomic E-state index is 13.8. The SMILES string of the molecule is COc1ccc(C(=O)N2CCC3(CC2)OC[C@H](C(=O)NC(C)C)N3C(=O)c2ccc(OC)cc2)cc1. The van der Waals surface area contributed by atoms with Crippen molar-refractivity contribution >= 4 is 17.7 Å². The molecule has 2 fully saturated rings. The molecule has 9 nitrogen and oxygen atoms in total. The lowest BCUT2D eigenvalue weighted by Crippen LogP contribution is -2.60. The second kappa shape index (κ2) is 10.6. The van der Waals surface area contributed by atoms with Gasteiger partial charge in [-0.2, -0.15) is 0 Å². The third-order valence-corrected chi connectivity index (χ3v) is 6.72. The minimum atomic E-state index is -0.966. The molecule has 0 saturated carbocycles. The summed E-state index contributed by atoms with van der Waals surface area (Å²) in [7, 11) is 3.14. The first-order chi connectivity index (χ1) is 17.3. The Morgan fingerprint density at radius 3 is 1.86 bits per heavy atom. The summed E-state index contributed by atoms with van der Waals surface area (Å²) in [5, 5.41) is 2.91. The molecule has 36 heavy (non-hydrogen) atoms. The number of benzene rings is 2. The van der Waals surface area contributed by atoms with Gasteiger partial charge in [-0.1, -0.05) is 0 Å². The van der Waals surface area contributed by atoms with Crippen LogP contribution in [0.25, 0.3) is 0 Å². The summed E-state index contributed by atoms with van der Waals surface area (Å²) < 4.78 is 16.6. The summed E-state index contributed by atoms with van der Waals surface area (Å²) in [6, 6.07) is 13.0. The van der Waals surface area contributed by atoms with Crippen molar-refractivity contribution in [3.05, 3.63) is 59.7 Å².